The molecule has 1 saturated carbocycles. The maximum Gasteiger partial charge on any atom is 0.287 e. The fraction of sp³-hybridized carbons (Fsp3) is 0.500. The molecule has 0 aromatic carbocycles. The molecule has 0 saturated heterocycles. The number of likely N-dealkylation sites (N-methyl/N-ethyl adjacent to an activating group) is 1. The highest BCUT2D eigenvalue weighted by molar-refractivity contribution is 5.28. The minimum Gasteiger partial charge on any atom is -0.314 e. The van der Waals surface area contributed by atoms with Crippen molar-refractivity contribution in [2.75, 3.05) is 7.05 Å². The lowest BCUT2D eigenvalue weighted by atomic mass is 10.1. The Morgan fingerprint density at radius 3 is 2.73 bits per heavy atom. The van der Waals surface area contributed by atoms with E-state index >= 15 is 0 Å². The van der Waals surface area contributed by atoms with Crippen molar-refractivity contribution in [3.8, 4) is 0 Å². The number of aromatic nitrogens is 1. The molecule has 0 bridgehead atoms. The van der Waals surface area contributed by atoms with Crippen molar-refractivity contribution in [2.24, 2.45) is 0 Å². The number of nitrogens with zero attached hydrogens (tertiary/aromatic N) is 2. The molecule has 0 atom stereocenters. The Bertz CT molecular complexity index is 371. The summed E-state index contributed by atoms with van der Waals surface area (Å²) < 4.78 is 0. The smallest absolute Gasteiger partial charge is 0.287 e. The summed E-state index contributed by atoms with van der Waals surface area (Å²) in [5.41, 5.74) is 1.16. The Morgan fingerprint density at radius 1 is 1.60 bits per heavy atom. The van der Waals surface area contributed by atoms with Gasteiger partial charge in [0.05, 0.1) is 4.92 Å². The largest absolute Gasteiger partial charge is 0.314 e. The zero-order valence-corrected chi connectivity index (χ0v) is 8.56. The van der Waals surface area contributed by atoms with Gasteiger partial charge in [0.25, 0.3) is 5.69 Å². The molecule has 80 valence electrons. The first-order valence-corrected chi connectivity index (χ1v) is 4.93. The van der Waals surface area contributed by atoms with Gasteiger partial charge in [-0.05, 0) is 26.0 Å². The first kappa shape index (κ1) is 10.0. The molecule has 0 aliphatic heterocycles. The lowest BCUT2D eigenvalue weighted by molar-refractivity contribution is -0.385. The van der Waals surface area contributed by atoms with Gasteiger partial charge in [0, 0.05) is 23.7 Å². The van der Waals surface area contributed by atoms with Crippen molar-refractivity contribution in [3.63, 3.8) is 0 Å². The molecule has 1 fully saturated rings. The molecular weight excluding hydrogens is 194 g/mol. The van der Waals surface area contributed by atoms with Gasteiger partial charge in [0.1, 0.15) is 6.20 Å². The molecule has 0 radical (unpaired) electrons. The predicted molar refractivity (Wildman–Crippen MR) is 55.6 cm³/mol. The molecule has 0 amide bonds. The Hall–Kier alpha value is -1.49. The van der Waals surface area contributed by atoms with Gasteiger partial charge in [-0.2, -0.15) is 0 Å². The van der Waals surface area contributed by atoms with Crippen LogP contribution in [0.1, 0.15) is 18.5 Å². The third kappa shape index (κ3) is 2.12. The molecule has 1 aromatic heterocycles. The summed E-state index contributed by atoms with van der Waals surface area (Å²) in [6, 6.07) is 3.24. The molecule has 1 N–H and O–H groups in total. The predicted octanol–water partition coefficient (Wildman–Crippen LogP) is 1.28. The Kier molecular flexibility index (Phi) is 2.40. The average Bonchev–Trinajstić information content (AvgIpc) is 2.99. The van der Waals surface area contributed by atoms with Crippen LogP contribution >= 0.6 is 0 Å². The first-order valence-electron chi connectivity index (χ1n) is 4.93. The molecule has 5 nitrogen and oxygen atoms in total. The minimum atomic E-state index is -0.429. The minimum absolute atomic E-state index is 0.0491. The molecule has 1 aliphatic carbocycles. The van der Waals surface area contributed by atoms with Crippen molar-refractivity contribution in [1.82, 2.24) is 10.3 Å². The zero-order chi connectivity index (χ0) is 10.9. The summed E-state index contributed by atoms with van der Waals surface area (Å²) in [6.07, 6.45) is 4.48. The second-order valence-electron chi connectivity index (χ2n) is 3.97. The number of rotatable bonds is 4. The van der Waals surface area contributed by atoms with Gasteiger partial charge in [-0.3, -0.25) is 15.1 Å². The van der Waals surface area contributed by atoms with Crippen LogP contribution in [0.5, 0.6) is 0 Å². The van der Waals surface area contributed by atoms with E-state index in [0.29, 0.717) is 0 Å². The molecule has 15 heavy (non-hydrogen) atoms. The van der Waals surface area contributed by atoms with Gasteiger partial charge < -0.3 is 5.32 Å². The highest BCUT2D eigenvalue weighted by atomic mass is 16.6. The van der Waals surface area contributed by atoms with E-state index in [0.717, 1.165) is 25.0 Å². The molecule has 1 aromatic rings. The van der Waals surface area contributed by atoms with Crippen molar-refractivity contribution in [2.45, 2.75) is 24.8 Å². The van der Waals surface area contributed by atoms with Crippen LogP contribution < -0.4 is 5.32 Å². The lowest BCUT2D eigenvalue weighted by Gasteiger charge is -2.12. The molecule has 5 heteroatoms. The van der Waals surface area contributed by atoms with Crippen LogP contribution in [0, 0.1) is 10.1 Å². The maximum absolute atomic E-state index is 10.4. The number of hydrogen-bond acceptors (Lipinski definition) is 4. The first-order chi connectivity index (χ1) is 7.15. The molecule has 0 spiro atoms. The van der Waals surface area contributed by atoms with Crippen molar-refractivity contribution >= 4 is 5.69 Å². The van der Waals surface area contributed by atoms with Crippen LogP contribution in [0.15, 0.2) is 18.3 Å². The summed E-state index contributed by atoms with van der Waals surface area (Å²) in [7, 11) is 1.94. The van der Waals surface area contributed by atoms with E-state index in [9.17, 15) is 10.1 Å². The van der Waals surface area contributed by atoms with E-state index in [1.807, 2.05) is 7.05 Å². The van der Waals surface area contributed by atoms with E-state index in [-0.39, 0.29) is 11.2 Å². The van der Waals surface area contributed by atoms with Gasteiger partial charge in [-0.25, -0.2) is 0 Å². The molecular formula is C10H13N3O2. The number of pyridine rings is 1. The van der Waals surface area contributed by atoms with E-state index in [1.165, 1.54) is 12.3 Å². The standard InChI is InChI=1S/C10H13N3O2/c1-11-10(4-5-10)6-8-2-3-9(7-12-8)13(14)15/h2-3,7,11H,4-6H2,1H3. The van der Waals surface area contributed by atoms with Crippen LogP contribution in [0.3, 0.4) is 0 Å². The fourth-order valence-electron chi connectivity index (χ4n) is 1.64. The molecule has 0 unspecified atom stereocenters. The summed E-state index contributed by atoms with van der Waals surface area (Å²) in [6.45, 7) is 0. The molecule has 1 aliphatic rings. The van der Waals surface area contributed by atoms with Gasteiger partial charge in [-0.15, -0.1) is 0 Å². The lowest BCUT2D eigenvalue weighted by Crippen LogP contribution is -2.29. The van der Waals surface area contributed by atoms with Gasteiger partial charge >= 0.3 is 0 Å². The number of hydrogen-bond donors (Lipinski definition) is 1. The van der Waals surface area contributed by atoms with Crippen molar-refractivity contribution in [1.29, 1.82) is 0 Å². The summed E-state index contributed by atoms with van der Waals surface area (Å²) in [4.78, 5) is 14.1. The highest BCUT2D eigenvalue weighted by Gasteiger charge is 2.41. The van der Waals surface area contributed by atoms with Gasteiger partial charge in [-0.1, -0.05) is 0 Å². The summed E-state index contributed by atoms with van der Waals surface area (Å²) in [5.74, 6) is 0. The van der Waals surface area contributed by atoms with Gasteiger partial charge in [0.15, 0.2) is 0 Å². The quantitative estimate of drug-likeness (QED) is 0.596. The van der Waals surface area contributed by atoms with Crippen LogP contribution in [-0.2, 0) is 6.42 Å². The van der Waals surface area contributed by atoms with Crippen molar-refractivity contribution in [3.05, 3.63) is 34.1 Å². The van der Waals surface area contributed by atoms with E-state index in [4.69, 9.17) is 0 Å². The third-order valence-electron chi connectivity index (χ3n) is 2.92. The molecule has 1 heterocycles. The van der Waals surface area contributed by atoms with Crippen molar-refractivity contribution < 1.29 is 4.92 Å². The zero-order valence-electron chi connectivity index (χ0n) is 8.56. The molecule has 2 rings (SSSR count). The van der Waals surface area contributed by atoms with Crippen LogP contribution in [-0.4, -0.2) is 22.5 Å². The summed E-state index contributed by atoms with van der Waals surface area (Å²) in [5, 5.41) is 13.7. The second-order valence-corrected chi connectivity index (χ2v) is 3.97. The van der Waals surface area contributed by atoms with E-state index < -0.39 is 4.92 Å². The number of nitro groups is 1. The van der Waals surface area contributed by atoms with E-state index in [2.05, 4.69) is 10.3 Å². The van der Waals surface area contributed by atoms with E-state index in [1.54, 1.807) is 6.07 Å². The Balaban J connectivity index is 2.07. The van der Waals surface area contributed by atoms with Crippen LogP contribution in [0.25, 0.3) is 0 Å². The Labute approximate surface area is 87.7 Å². The Morgan fingerprint density at radius 2 is 2.33 bits per heavy atom. The fourth-order valence-corrected chi connectivity index (χ4v) is 1.64. The SMILES string of the molecule is CNC1(Cc2ccc([N+](=O)[O-])cn2)CC1. The monoisotopic (exact) mass is 207 g/mol. The second kappa shape index (κ2) is 3.58. The maximum atomic E-state index is 10.4. The van der Waals surface area contributed by atoms with Crippen LogP contribution in [0.2, 0.25) is 0 Å². The number of nitrogens with one attached hydrogen (secondary N) is 1. The van der Waals surface area contributed by atoms with Gasteiger partial charge in [0.2, 0.25) is 0 Å². The highest BCUT2D eigenvalue weighted by Crippen LogP contribution is 2.37. The normalized spacial score (nSPS) is 17.4. The summed E-state index contributed by atoms with van der Waals surface area (Å²) >= 11 is 0. The topological polar surface area (TPSA) is 68.1 Å². The van der Waals surface area contributed by atoms with Crippen LogP contribution in [0.4, 0.5) is 5.69 Å². The average molecular weight is 207 g/mol. The third-order valence-corrected chi connectivity index (χ3v) is 2.92.